The minimum Gasteiger partial charge on any atom is -0.471 e. The van der Waals surface area contributed by atoms with Crippen molar-refractivity contribution in [3.05, 3.63) is 58.3 Å². The van der Waals surface area contributed by atoms with Gasteiger partial charge in [-0.15, -0.1) is 11.8 Å². The first-order valence-electron chi connectivity index (χ1n) is 11.4. The van der Waals surface area contributed by atoms with Gasteiger partial charge in [-0.1, -0.05) is 19.4 Å². The number of aromatic nitrogens is 1. The van der Waals surface area contributed by atoms with Gasteiger partial charge in [0.05, 0.1) is 12.2 Å². The lowest BCUT2D eigenvalue weighted by Gasteiger charge is -2.41. The standard InChI is InChI=1S/C26H30N2O3S/c1-5-7-20-24(26(29)30-6-2)23-19-15-28-13-12-16-14-17(32-4)8-9-18(16)25(28)31-22(19)11-10-21(23)27(20)3/h8-11,14,25H,5-7,12-13,15H2,1-4H3. The summed E-state index contributed by atoms with van der Waals surface area (Å²) < 4.78 is 14.3. The molecule has 5 rings (SSSR count). The second kappa shape index (κ2) is 8.49. The molecule has 3 aromatic rings. The van der Waals surface area contributed by atoms with E-state index >= 15 is 0 Å². The average molecular weight is 451 g/mol. The minimum absolute atomic E-state index is 0.0792. The molecule has 2 aliphatic heterocycles. The lowest BCUT2D eigenvalue weighted by molar-refractivity contribution is -0.00962. The van der Waals surface area contributed by atoms with Crippen LogP contribution in [-0.2, 0) is 31.2 Å². The zero-order valence-electron chi connectivity index (χ0n) is 19.2. The zero-order chi connectivity index (χ0) is 22.4. The number of nitrogens with zero attached hydrogens (tertiary/aromatic N) is 2. The smallest absolute Gasteiger partial charge is 0.340 e. The van der Waals surface area contributed by atoms with Crippen molar-refractivity contribution in [3.8, 4) is 5.75 Å². The molecule has 0 N–H and O–H groups in total. The van der Waals surface area contributed by atoms with Crippen molar-refractivity contribution in [2.75, 3.05) is 19.4 Å². The van der Waals surface area contributed by atoms with E-state index in [9.17, 15) is 4.79 Å². The number of thioether (sulfide) groups is 1. The quantitative estimate of drug-likeness (QED) is 0.380. The fraction of sp³-hybridized carbons (Fsp3) is 0.423. The van der Waals surface area contributed by atoms with E-state index in [1.807, 2.05) is 6.92 Å². The van der Waals surface area contributed by atoms with Crippen LogP contribution in [0.3, 0.4) is 0 Å². The molecule has 168 valence electrons. The summed E-state index contributed by atoms with van der Waals surface area (Å²) in [7, 11) is 2.05. The molecule has 1 unspecified atom stereocenters. The van der Waals surface area contributed by atoms with Crippen molar-refractivity contribution in [1.82, 2.24) is 9.47 Å². The number of fused-ring (bicyclic) bond motifs is 6. The van der Waals surface area contributed by atoms with Crippen LogP contribution in [0.2, 0.25) is 0 Å². The normalized spacial score (nSPS) is 17.4. The molecule has 3 heterocycles. The maximum Gasteiger partial charge on any atom is 0.340 e. The zero-order valence-corrected chi connectivity index (χ0v) is 20.1. The summed E-state index contributed by atoms with van der Waals surface area (Å²) in [6, 6.07) is 10.9. The average Bonchev–Trinajstić information content (AvgIpc) is 3.09. The number of esters is 1. The van der Waals surface area contributed by atoms with E-state index in [2.05, 4.69) is 60.0 Å². The molecule has 1 atom stereocenters. The predicted molar refractivity (Wildman–Crippen MR) is 129 cm³/mol. The molecule has 0 spiro atoms. The fourth-order valence-electron chi connectivity index (χ4n) is 5.22. The summed E-state index contributed by atoms with van der Waals surface area (Å²) in [5.41, 5.74) is 6.56. The lowest BCUT2D eigenvalue weighted by Crippen LogP contribution is -2.41. The maximum absolute atomic E-state index is 13.1. The minimum atomic E-state index is -0.231. The highest BCUT2D eigenvalue weighted by Crippen LogP contribution is 2.44. The van der Waals surface area contributed by atoms with Gasteiger partial charge in [0.2, 0.25) is 0 Å². The van der Waals surface area contributed by atoms with Gasteiger partial charge < -0.3 is 14.0 Å². The van der Waals surface area contributed by atoms with Crippen LogP contribution in [0.25, 0.3) is 10.9 Å². The Balaban J connectivity index is 1.64. The van der Waals surface area contributed by atoms with Crippen molar-refractivity contribution in [2.45, 2.75) is 50.8 Å². The number of ether oxygens (including phenoxy) is 2. The molecule has 32 heavy (non-hydrogen) atoms. The molecule has 0 radical (unpaired) electrons. The molecule has 2 aliphatic rings. The van der Waals surface area contributed by atoms with Gasteiger partial charge in [-0.05, 0) is 55.9 Å². The molecule has 6 heteroatoms. The molecule has 1 aromatic heterocycles. The molecule has 0 aliphatic carbocycles. The number of hydrogen-bond acceptors (Lipinski definition) is 5. The van der Waals surface area contributed by atoms with Crippen molar-refractivity contribution >= 4 is 28.6 Å². The van der Waals surface area contributed by atoms with E-state index in [0.29, 0.717) is 12.2 Å². The fourth-order valence-corrected chi connectivity index (χ4v) is 5.68. The SMILES string of the molecule is CCCc1c(C(=O)OCC)c2c3c(ccc2n1C)OC1c2ccc(SC)cc2CCN1C3. The topological polar surface area (TPSA) is 43.7 Å². The van der Waals surface area contributed by atoms with Gasteiger partial charge in [-0.3, -0.25) is 4.90 Å². The van der Waals surface area contributed by atoms with Gasteiger partial charge in [-0.25, -0.2) is 4.79 Å². The van der Waals surface area contributed by atoms with Gasteiger partial charge in [0.25, 0.3) is 0 Å². The van der Waals surface area contributed by atoms with E-state index in [1.165, 1.54) is 16.0 Å². The number of carbonyl (C=O) groups excluding carboxylic acids is 1. The first kappa shape index (κ1) is 21.4. The first-order chi connectivity index (χ1) is 15.6. The number of benzene rings is 2. The van der Waals surface area contributed by atoms with Gasteiger partial charge >= 0.3 is 5.97 Å². The molecule has 0 amide bonds. The number of hydrogen-bond donors (Lipinski definition) is 0. The summed E-state index contributed by atoms with van der Waals surface area (Å²) in [6.07, 6.45) is 4.85. The van der Waals surface area contributed by atoms with Gasteiger partial charge in [0, 0.05) is 52.8 Å². The van der Waals surface area contributed by atoms with Crippen LogP contribution < -0.4 is 4.74 Å². The van der Waals surface area contributed by atoms with Crippen molar-refractivity contribution in [3.63, 3.8) is 0 Å². The van der Waals surface area contributed by atoms with E-state index < -0.39 is 0 Å². The third-order valence-electron chi connectivity index (χ3n) is 6.74. The Hall–Kier alpha value is -2.44. The third kappa shape index (κ3) is 3.32. The van der Waals surface area contributed by atoms with Crippen LogP contribution >= 0.6 is 11.8 Å². The van der Waals surface area contributed by atoms with Gasteiger partial charge in [0.1, 0.15) is 5.75 Å². The second-order valence-electron chi connectivity index (χ2n) is 8.54. The summed E-state index contributed by atoms with van der Waals surface area (Å²) in [4.78, 5) is 16.8. The van der Waals surface area contributed by atoms with E-state index in [1.54, 1.807) is 11.8 Å². The highest BCUT2D eigenvalue weighted by atomic mass is 32.2. The van der Waals surface area contributed by atoms with E-state index in [0.717, 1.165) is 60.3 Å². The molecular formula is C26H30N2O3S. The highest BCUT2D eigenvalue weighted by molar-refractivity contribution is 7.98. The molecule has 0 saturated carbocycles. The Labute approximate surface area is 193 Å². The Bertz CT molecular complexity index is 1200. The summed E-state index contributed by atoms with van der Waals surface area (Å²) >= 11 is 1.78. The van der Waals surface area contributed by atoms with Gasteiger partial charge in [0.15, 0.2) is 6.23 Å². The van der Waals surface area contributed by atoms with Crippen molar-refractivity contribution < 1.29 is 14.3 Å². The molecule has 2 aromatic carbocycles. The number of rotatable bonds is 5. The maximum atomic E-state index is 13.1. The summed E-state index contributed by atoms with van der Waals surface area (Å²) in [6.45, 7) is 6.08. The predicted octanol–water partition coefficient (Wildman–Crippen LogP) is 5.48. The van der Waals surface area contributed by atoms with Gasteiger partial charge in [-0.2, -0.15) is 0 Å². The Morgan fingerprint density at radius 1 is 1.25 bits per heavy atom. The van der Waals surface area contributed by atoms with Crippen molar-refractivity contribution in [2.24, 2.45) is 7.05 Å². The second-order valence-corrected chi connectivity index (χ2v) is 9.42. The molecule has 5 nitrogen and oxygen atoms in total. The Morgan fingerprint density at radius 3 is 2.84 bits per heavy atom. The monoisotopic (exact) mass is 450 g/mol. The largest absolute Gasteiger partial charge is 0.471 e. The van der Waals surface area contributed by atoms with E-state index in [-0.39, 0.29) is 12.2 Å². The third-order valence-corrected chi connectivity index (χ3v) is 7.46. The van der Waals surface area contributed by atoms with Crippen molar-refractivity contribution in [1.29, 1.82) is 0 Å². The Morgan fingerprint density at radius 2 is 2.09 bits per heavy atom. The number of aryl methyl sites for hydroxylation is 1. The van der Waals surface area contributed by atoms with Crippen LogP contribution in [0.1, 0.15) is 59.2 Å². The van der Waals surface area contributed by atoms with Crippen LogP contribution in [0.15, 0.2) is 35.2 Å². The Kier molecular flexibility index (Phi) is 5.68. The summed E-state index contributed by atoms with van der Waals surface area (Å²) in [5.74, 6) is 0.644. The number of carbonyl (C=O) groups is 1. The lowest BCUT2D eigenvalue weighted by atomic mass is 9.94. The first-order valence-corrected chi connectivity index (χ1v) is 12.7. The molecule has 0 saturated heterocycles. The van der Waals surface area contributed by atoms with E-state index in [4.69, 9.17) is 9.47 Å². The van der Waals surface area contributed by atoms with Crippen LogP contribution in [0, 0.1) is 0 Å². The highest BCUT2D eigenvalue weighted by Gasteiger charge is 2.36. The molecule has 0 fully saturated rings. The van der Waals surface area contributed by atoms with Crippen LogP contribution in [0.5, 0.6) is 5.75 Å². The van der Waals surface area contributed by atoms with Crippen LogP contribution in [0.4, 0.5) is 0 Å². The summed E-state index contributed by atoms with van der Waals surface area (Å²) in [5, 5.41) is 0.994. The van der Waals surface area contributed by atoms with Crippen LogP contribution in [-0.4, -0.2) is 34.8 Å². The molecule has 0 bridgehead atoms. The molecular weight excluding hydrogens is 420 g/mol.